The summed E-state index contributed by atoms with van der Waals surface area (Å²) >= 11 is 2.22. The smallest absolute Gasteiger partial charge is 0.159 e. The standard InChI is InChI=1S/C14H24IN3O/c1-6-8-9(19-7-2)13-17-11(14(3,4)5)10(15)12(16)18-13/h9H,6-8H2,1-5H3,(H2,16,17,18). The van der Waals surface area contributed by atoms with Crippen molar-refractivity contribution in [1.29, 1.82) is 0 Å². The normalized spacial score (nSPS) is 13.6. The number of nitrogens with two attached hydrogens (primary N) is 1. The van der Waals surface area contributed by atoms with Crippen molar-refractivity contribution in [2.24, 2.45) is 0 Å². The van der Waals surface area contributed by atoms with Crippen molar-refractivity contribution in [2.75, 3.05) is 12.3 Å². The van der Waals surface area contributed by atoms with Crippen molar-refractivity contribution < 1.29 is 4.74 Å². The molecule has 0 amide bonds. The molecule has 2 N–H and O–H groups in total. The van der Waals surface area contributed by atoms with Crippen LogP contribution in [0.25, 0.3) is 0 Å². The summed E-state index contributed by atoms with van der Waals surface area (Å²) in [6.45, 7) is 11.2. The minimum atomic E-state index is -0.0598. The number of halogens is 1. The Morgan fingerprint density at radius 3 is 2.37 bits per heavy atom. The van der Waals surface area contributed by atoms with Gasteiger partial charge in [0.05, 0.1) is 9.26 Å². The third-order valence-corrected chi connectivity index (χ3v) is 3.87. The third kappa shape index (κ3) is 4.27. The molecule has 1 aromatic rings. The largest absolute Gasteiger partial charge is 0.383 e. The SMILES string of the molecule is CCCC(OCC)c1nc(N)c(I)c(C(C)(C)C)n1. The van der Waals surface area contributed by atoms with Crippen molar-refractivity contribution in [3.8, 4) is 0 Å². The number of nitrogen functional groups attached to an aromatic ring is 1. The fraction of sp³-hybridized carbons (Fsp3) is 0.714. The van der Waals surface area contributed by atoms with Gasteiger partial charge < -0.3 is 10.5 Å². The summed E-state index contributed by atoms with van der Waals surface area (Å²) in [6, 6.07) is 0. The molecule has 0 aromatic carbocycles. The summed E-state index contributed by atoms with van der Waals surface area (Å²) in [7, 11) is 0. The molecule has 108 valence electrons. The van der Waals surface area contributed by atoms with E-state index in [1.807, 2.05) is 6.92 Å². The Morgan fingerprint density at radius 2 is 1.89 bits per heavy atom. The van der Waals surface area contributed by atoms with E-state index in [2.05, 4.69) is 55.3 Å². The molecule has 0 aliphatic heterocycles. The molecule has 19 heavy (non-hydrogen) atoms. The van der Waals surface area contributed by atoms with Gasteiger partial charge in [0.15, 0.2) is 5.82 Å². The van der Waals surface area contributed by atoms with Gasteiger partial charge in [-0.3, -0.25) is 0 Å². The van der Waals surface area contributed by atoms with Crippen LogP contribution in [-0.2, 0) is 10.2 Å². The number of hydrogen-bond acceptors (Lipinski definition) is 4. The lowest BCUT2D eigenvalue weighted by Gasteiger charge is -2.23. The maximum absolute atomic E-state index is 6.03. The maximum Gasteiger partial charge on any atom is 0.159 e. The topological polar surface area (TPSA) is 61.0 Å². The number of nitrogens with zero attached hydrogens (tertiary/aromatic N) is 2. The lowest BCUT2D eigenvalue weighted by Crippen LogP contribution is -2.21. The molecule has 5 heteroatoms. The number of ether oxygens (including phenoxy) is 1. The second kappa shape index (κ2) is 6.83. The summed E-state index contributed by atoms with van der Waals surface area (Å²) in [5.74, 6) is 1.27. The molecule has 0 radical (unpaired) electrons. The Morgan fingerprint density at radius 1 is 1.26 bits per heavy atom. The summed E-state index contributed by atoms with van der Waals surface area (Å²) in [5.41, 5.74) is 6.98. The number of aromatic nitrogens is 2. The zero-order valence-electron chi connectivity index (χ0n) is 12.5. The van der Waals surface area contributed by atoms with Crippen LogP contribution in [0.3, 0.4) is 0 Å². The molecule has 0 spiro atoms. The zero-order chi connectivity index (χ0) is 14.6. The highest BCUT2D eigenvalue weighted by atomic mass is 127. The summed E-state index contributed by atoms with van der Waals surface area (Å²) in [5, 5.41) is 0. The first kappa shape index (κ1) is 16.6. The van der Waals surface area contributed by atoms with Gasteiger partial charge >= 0.3 is 0 Å². The number of hydrogen-bond donors (Lipinski definition) is 1. The summed E-state index contributed by atoms with van der Waals surface area (Å²) in [6.07, 6.45) is 1.89. The third-order valence-electron chi connectivity index (χ3n) is 2.81. The van der Waals surface area contributed by atoms with Gasteiger partial charge in [0.1, 0.15) is 11.9 Å². The molecule has 0 saturated heterocycles. The predicted molar refractivity (Wildman–Crippen MR) is 87.1 cm³/mol. The molecular formula is C14H24IN3O. The summed E-state index contributed by atoms with van der Waals surface area (Å²) in [4.78, 5) is 9.14. The van der Waals surface area contributed by atoms with Crippen LogP contribution in [0.5, 0.6) is 0 Å². The molecule has 1 unspecified atom stereocenters. The predicted octanol–water partition coefficient (Wildman–Crippen LogP) is 3.84. The molecule has 1 atom stereocenters. The van der Waals surface area contributed by atoms with E-state index in [0.29, 0.717) is 18.2 Å². The molecule has 0 aliphatic carbocycles. The lowest BCUT2D eigenvalue weighted by atomic mass is 9.91. The van der Waals surface area contributed by atoms with Crippen molar-refractivity contribution in [3.05, 3.63) is 15.1 Å². The van der Waals surface area contributed by atoms with Gasteiger partial charge in [-0.2, -0.15) is 0 Å². The lowest BCUT2D eigenvalue weighted by molar-refractivity contribution is 0.0491. The Balaban J connectivity index is 3.25. The van der Waals surface area contributed by atoms with E-state index in [-0.39, 0.29) is 11.5 Å². The van der Waals surface area contributed by atoms with Gasteiger partial charge in [-0.05, 0) is 35.9 Å². The van der Waals surface area contributed by atoms with Crippen LogP contribution in [0.4, 0.5) is 5.82 Å². The summed E-state index contributed by atoms with van der Waals surface area (Å²) < 4.78 is 6.69. The Labute approximate surface area is 129 Å². The fourth-order valence-corrected chi connectivity index (χ4v) is 2.92. The van der Waals surface area contributed by atoms with E-state index >= 15 is 0 Å². The van der Waals surface area contributed by atoms with Crippen molar-refractivity contribution in [1.82, 2.24) is 9.97 Å². The fourth-order valence-electron chi connectivity index (χ4n) is 1.87. The Kier molecular flexibility index (Phi) is 5.98. The van der Waals surface area contributed by atoms with Gasteiger partial charge in [0.25, 0.3) is 0 Å². The highest BCUT2D eigenvalue weighted by molar-refractivity contribution is 14.1. The molecule has 1 aromatic heterocycles. The van der Waals surface area contributed by atoms with Crippen LogP contribution in [0.15, 0.2) is 0 Å². The van der Waals surface area contributed by atoms with Gasteiger partial charge in [-0.1, -0.05) is 34.1 Å². The quantitative estimate of drug-likeness (QED) is 0.793. The molecule has 0 aliphatic rings. The highest BCUT2D eigenvalue weighted by Gasteiger charge is 2.24. The van der Waals surface area contributed by atoms with Crippen LogP contribution in [0.1, 0.15) is 65.1 Å². The minimum Gasteiger partial charge on any atom is -0.383 e. The van der Waals surface area contributed by atoms with Gasteiger partial charge in [0.2, 0.25) is 0 Å². The van der Waals surface area contributed by atoms with E-state index < -0.39 is 0 Å². The maximum atomic E-state index is 6.03. The first-order chi connectivity index (χ1) is 8.81. The van der Waals surface area contributed by atoms with Crippen molar-refractivity contribution in [3.63, 3.8) is 0 Å². The van der Waals surface area contributed by atoms with Gasteiger partial charge in [-0.25, -0.2) is 9.97 Å². The van der Waals surface area contributed by atoms with Crippen LogP contribution >= 0.6 is 22.6 Å². The molecule has 0 saturated carbocycles. The second-order valence-corrected chi connectivity index (χ2v) is 6.69. The Hall–Kier alpha value is -0.430. The first-order valence-electron chi connectivity index (χ1n) is 6.76. The van der Waals surface area contributed by atoms with Gasteiger partial charge in [-0.15, -0.1) is 0 Å². The zero-order valence-corrected chi connectivity index (χ0v) is 14.6. The molecule has 1 rings (SSSR count). The van der Waals surface area contributed by atoms with Crippen molar-refractivity contribution >= 4 is 28.4 Å². The highest BCUT2D eigenvalue weighted by Crippen LogP contribution is 2.30. The number of rotatable bonds is 5. The average molecular weight is 377 g/mol. The van der Waals surface area contributed by atoms with Crippen LogP contribution in [0.2, 0.25) is 0 Å². The van der Waals surface area contributed by atoms with E-state index in [9.17, 15) is 0 Å². The molecule has 0 fully saturated rings. The van der Waals surface area contributed by atoms with Crippen LogP contribution in [0, 0.1) is 3.57 Å². The van der Waals surface area contributed by atoms with E-state index in [1.165, 1.54) is 0 Å². The average Bonchev–Trinajstić information content (AvgIpc) is 2.30. The minimum absolute atomic E-state index is 0.0503. The van der Waals surface area contributed by atoms with E-state index in [4.69, 9.17) is 15.5 Å². The molecule has 4 nitrogen and oxygen atoms in total. The second-order valence-electron chi connectivity index (χ2n) is 5.61. The molecular weight excluding hydrogens is 353 g/mol. The number of anilines is 1. The molecule has 1 heterocycles. The van der Waals surface area contributed by atoms with Crippen LogP contribution < -0.4 is 5.73 Å². The van der Waals surface area contributed by atoms with Crippen molar-refractivity contribution in [2.45, 2.75) is 59.0 Å². The first-order valence-corrected chi connectivity index (χ1v) is 7.84. The van der Waals surface area contributed by atoms with Crippen LogP contribution in [-0.4, -0.2) is 16.6 Å². The van der Waals surface area contributed by atoms with E-state index in [0.717, 1.165) is 22.1 Å². The Bertz CT molecular complexity index is 423. The van der Waals surface area contributed by atoms with E-state index in [1.54, 1.807) is 0 Å². The molecule has 0 bridgehead atoms. The monoisotopic (exact) mass is 377 g/mol. The van der Waals surface area contributed by atoms with Gasteiger partial charge in [0, 0.05) is 12.0 Å².